The number of rotatable bonds is 7. The molecule has 1 aromatic rings. The molecule has 3 rings (SSSR count). The fourth-order valence-corrected chi connectivity index (χ4v) is 3.35. The minimum absolute atomic E-state index is 0.0444. The molecule has 1 aliphatic heterocycles. The highest BCUT2D eigenvalue weighted by molar-refractivity contribution is 5.92. The van der Waals surface area contributed by atoms with Gasteiger partial charge in [-0.25, -0.2) is 0 Å². The van der Waals surface area contributed by atoms with E-state index in [0.29, 0.717) is 30.7 Å². The molecule has 25 heavy (non-hydrogen) atoms. The predicted octanol–water partition coefficient (Wildman–Crippen LogP) is 1.80. The van der Waals surface area contributed by atoms with E-state index in [1.54, 1.807) is 6.07 Å². The summed E-state index contributed by atoms with van der Waals surface area (Å²) in [5, 5.41) is 6.95. The zero-order chi connectivity index (χ0) is 18.0. The average molecular weight is 349 g/mol. The Kier molecular flexibility index (Phi) is 5.42. The Hall–Kier alpha value is -1.89. The molecule has 1 N–H and O–H groups in total. The zero-order valence-electron chi connectivity index (χ0n) is 15.2. The summed E-state index contributed by atoms with van der Waals surface area (Å²) in [5.74, 6) is 1.05. The fourth-order valence-electron chi connectivity index (χ4n) is 3.35. The zero-order valence-corrected chi connectivity index (χ0v) is 15.2. The maximum Gasteiger partial charge on any atom is 0.309 e. The normalized spacial score (nSPS) is 24.9. The molecule has 1 aliphatic carbocycles. The van der Waals surface area contributed by atoms with E-state index in [0.717, 1.165) is 31.7 Å². The van der Waals surface area contributed by atoms with Gasteiger partial charge >= 0.3 is 5.97 Å². The minimum Gasteiger partial charge on any atom is -0.466 e. The van der Waals surface area contributed by atoms with Crippen molar-refractivity contribution in [3.05, 3.63) is 17.5 Å². The fraction of sp³-hybridized carbons (Fsp3) is 0.722. The topological polar surface area (TPSA) is 84.7 Å². The van der Waals surface area contributed by atoms with Gasteiger partial charge in [-0.15, -0.1) is 0 Å². The van der Waals surface area contributed by atoms with E-state index in [2.05, 4.69) is 22.3 Å². The average Bonchev–Trinajstić information content (AvgIpc) is 3.20. The van der Waals surface area contributed by atoms with E-state index in [1.807, 2.05) is 13.8 Å². The van der Waals surface area contributed by atoms with Gasteiger partial charge in [-0.3, -0.25) is 9.59 Å². The number of amides is 1. The van der Waals surface area contributed by atoms with Crippen LogP contribution in [-0.2, 0) is 9.53 Å². The molecular weight excluding hydrogens is 322 g/mol. The quantitative estimate of drug-likeness (QED) is 0.756. The Labute approximate surface area is 148 Å². The summed E-state index contributed by atoms with van der Waals surface area (Å²) in [4.78, 5) is 26.4. The second-order valence-electron chi connectivity index (χ2n) is 7.32. The van der Waals surface area contributed by atoms with Crippen molar-refractivity contribution < 1.29 is 18.8 Å². The number of nitrogens with one attached hydrogen (secondary N) is 1. The van der Waals surface area contributed by atoms with Crippen molar-refractivity contribution in [3.63, 3.8) is 0 Å². The molecule has 2 aliphatic rings. The molecule has 3 atom stereocenters. The molecule has 7 nitrogen and oxygen atoms in total. The molecule has 1 aromatic heterocycles. The van der Waals surface area contributed by atoms with Gasteiger partial charge in [0.1, 0.15) is 5.76 Å². The predicted molar refractivity (Wildman–Crippen MR) is 91.1 cm³/mol. The van der Waals surface area contributed by atoms with Crippen LogP contribution in [0.1, 0.15) is 55.8 Å². The SMILES string of the molecule is CCOC(=O)C(C)CN1C[C@H](C)[C@H](NC(=O)c2cc(C3CC3)on2)C1. The van der Waals surface area contributed by atoms with Gasteiger partial charge in [0, 0.05) is 37.7 Å². The van der Waals surface area contributed by atoms with Crippen LogP contribution in [0.15, 0.2) is 10.6 Å². The molecular formula is C18H27N3O4. The van der Waals surface area contributed by atoms with Gasteiger partial charge < -0.3 is 19.5 Å². The third-order valence-corrected chi connectivity index (χ3v) is 4.97. The number of esters is 1. The van der Waals surface area contributed by atoms with Crippen molar-refractivity contribution in [1.82, 2.24) is 15.4 Å². The molecule has 0 radical (unpaired) electrons. The first kappa shape index (κ1) is 17.9. The van der Waals surface area contributed by atoms with Crippen molar-refractivity contribution in [3.8, 4) is 0 Å². The van der Waals surface area contributed by atoms with Gasteiger partial charge in [-0.05, 0) is 25.7 Å². The van der Waals surface area contributed by atoms with Gasteiger partial charge in [-0.1, -0.05) is 19.0 Å². The number of hydrogen-bond donors (Lipinski definition) is 1. The summed E-state index contributed by atoms with van der Waals surface area (Å²) in [6, 6.07) is 1.80. The van der Waals surface area contributed by atoms with Crippen molar-refractivity contribution in [1.29, 1.82) is 0 Å². The summed E-state index contributed by atoms with van der Waals surface area (Å²) in [6.07, 6.45) is 2.23. The van der Waals surface area contributed by atoms with Crippen LogP contribution >= 0.6 is 0 Å². The molecule has 2 fully saturated rings. The smallest absolute Gasteiger partial charge is 0.309 e. The van der Waals surface area contributed by atoms with Crippen LogP contribution in [0.2, 0.25) is 0 Å². The second kappa shape index (κ2) is 7.56. The van der Waals surface area contributed by atoms with Crippen LogP contribution in [-0.4, -0.2) is 54.2 Å². The highest BCUT2D eigenvalue weighted by atomic mass is 16.5. The first-order chi connectivity index (χ1) is 12.0. The van der Waals surface area contributed by atoms with E-state index < -0.39 is 0 Å². The number of hydrogen-bond acceptors (Lipinski definition) is 6. The van der Waals surface area contributed by atoms with Gasteiger partial charge in [0.25, 0.3) is 5.91 Å². The van der Waals surface area contributed by atoms with Crippen LogP contribution in [0.5, 0.6) is 0 Å². The maximum atomic E-state index is 12.4. The molecule has 0 aromatic carbocycles. The molecule has 0 spiro atoms. The highest BCUT2D eigenvalue weighted by Gasteiger charge is 2.34. The molecule has 2 heterocycles. The number of nitrogens with zero attached hydrogens (tertiary/aromatic N) is 2. The Morgan fingerprint density at radius 2 is 2.20 bits per heavy atom. The van der Waals surface area contributed by atoms with Crippen LogP contribution in [0.3, 0.4) is 0 Å². The molecule has 1 unspecified atom stereocenters. The molecule has 0 bridgehead atoms. The van der Waals surface area contributed by atoms with Crippen molar-refractivity contribution in [2.24, 2.45) is 11.8 Å². The van der Waals surface area contributed by atoms with Crippen LogP contribution in [0.4, 0.5) is 0 Å². The molecule has 138 valence electrons. The molecule has 7 heteroatoms. The summed E-state index contributed by atoms with van der Waals surface area (Å²) >= 11 is 0. The minimum atomic E-state index is -0.187. The summed E-state index contributed by atoms with van der Waals surface area (Å²) in [6.45, 7) is 8.42. The Morgan fingerprint density at radius 1 is 1.44 bits per heavy atom. The first-order valence-corrected chi connectivity index (χ1v) is 9.14. The van der Waals surface area contributed by atoms with Crippen LogP contribution in [0, 0.1) is 11.8 Å². The number of carbonyl (C=O) groups is 2. The van der Waals surface area contributed by atoms with Crippen molar-refractivity contribution in [2.75, 3.05) is 26.2 Å². The third-order valence-electron chi connectivity index (χ3n) is 4.97. The first-order valence-electron chi connectivity index (χ1n) is 9.14. The van der Waals surface area contributed by atoms with E-state index in [1.165, 1.54) is 0 Å². The molecule has 1 saturated heterocycles. The van der Waals surface area contributed by atoms with Crippen LogP contribution in [0.25, 0.3) is 0 Å². The van der Waals surface area contributed by atoms with Crippen molar-refractivity contribution >= 4 is 11.9 Å². The van der Waals surface area contributed by atoms with Gasteiger partial charge in [0.05, 0.1) is 12.5 Å². The van der Waals surface area contributed by atoms with Crippen LogP contribution < -0.4 is 5.32 Å². The number of carbonyl (C=O) groups excluding carboxylic acids is 2. The Morgan fingerprint density at radius 3 is 2.88 bits per heavy atom. The lowest BCUT2D eigenvalue weighted by Gasteiger charge is -2.19. The summed E-state index contributed by atoms with van der Waals surface area (Å²) in [5.41, 5.74) is 0.354. The standard InChI is InChI=1S/C18H27N3O4/c1-4-24-18(23)12(3)9-21-8-11(2)15(10-21)19-17(22)14-7-16(25-20-14)13-5-6-13/h7,11-13,15H,4-6,8-10H2,1-3H3,(H,19,22)/t11-,12?,15+/m0/s1. The lowest BCUT2D eigenvalue weighted by Crippen LogP contribution is -2.40. The van der Waals surface area contributed by atoms with Gasteiger partial charge in [0.2, 0.25) is 0 Å². The lowest BCUT2D eigenvalue weighted by atomic mass is 10.1. The summed E-state index contributed by atoms with van der Waals surface area (Å²) < 4.78 is 10.3. The molecule has 1 saturated carbocycles. The number of aromatic nitrogens is 1. The Balaban J connectivity index is 1.50. The largest absolute Gasteiger partial charge is 0.466 e. The second-order valence-corrected chi connectivity index (χ2v) is 7.32. The maximum absolute atomic E-state index is 12.4. The van der Waals surface area contributed by atoms with Gasteiger partial charge in [-0.2, -0.15) is 0 Å². The monoisotopic (exact) mass is 349 g/mol. The molecule has 1 amide bonds. The van der Waals surface area contributed by atoms with Crippen molar-refractivity contribution in [2.45, 2.75) is 45.6 Å². The third kappa shape index (κ3) is 4.39. The van der Waals surface area contributed by atoms with E-state index in [4.69, 9.17) is 9.26 Å². The Bertz CT molecular complexity index is 626. The van der Waals surface area contributed by atoms with Gasteiger partial charge in [0.15, 0.2) is 5.69 Å². The van der Waals surface area contributed by atoms with E-state index in [9.17, 15) is 9.59 Å². The van der Waals surface area contributed by atoms with E-state index in [-0.39, 0.29) is 23.8 Å². The highest BCUT2D eigenvalue weighted by Crippen LogP contribution is 2.40. The number of ether oxygens (including phenoxy) is 1. The lowest BCUT2D eigenvalue weighted by molar-refractivity contribution is -0.147. The summed E-state index contributed by atoms with van der Waals surface area (Å²) in [7, 11) is 0. The number of likely N-dealkylation sites (tertiary alicyclic amines) is 1. The van der Waals surface area contributed by atoms with E-state index >= 15 is 0 Å².